The quantitative estimate of drug-likeness (QED) is 0.580. The molecule has 1 aromatic carbocycles. The molecule has 2 N–H and O–H groups in total. The van der Waals surface area contributed by atoms with Crippen LogP contribution in [0.4, 0.5) is 0 Å². The van der Waals surface area contributed by atoms with Gasteiger partial charge in [0.25, 0.3) is 5.91 Å². The van der Waals surface area contributed by atoms with E-state index in [1.165, 1.54) is 0 Å². The van der Waals surface area contributed by atoms with Crippen LogP contribution in [0, 0.1) is 12.8 Å². The van der Waals surface area contributed by atoms with E-state index in [9.17, 15) is 9.59 Å². The summed E-state index contributed by atoms with van der Waals surface area (Å²) >= 11 is 0. The number of likely N-dealkylation sites (tertiary alicyclic amines) is 1. The van der Waals surface area contributed by atoms with Crippen LogP contribution in [0.1, 0.15) is 34.5 Å². The second-order valence-electron chi connectivity index (χ2n) is 8.88. The summed E-state index contributed by atoms with van der Waals surface area (Å²) in [6.07, 6.45) is 5.01. The molecule has 0 aliphatic carbocycles. The number of aromatic nitrogens is 3. The van der Waals surface area contributed by atoms with E-state index in [4.69, 9.17) is 9.47 Å². The molecule has 2 saturated heterocycles. The van der Waals surface area contributed by atoms with Crippen molar-refractivity contribution in [3.05, 3.63) is 53.5 Å². The molecule has 4 heterocycles. The fourth-order valence-corrected chi connectivity index (χ4v) is 5.20. The third-order valence-electron chi connectivity index (χ3n) is 6.96. The van der Waals surface area contributed by atoms with Gasteiger partial charge in [0.15, 0.2) is 0 Å². The van der Waals surface area contributed by atoms with Crippen molar-refractivity contribution >= 4 is 22.7 Å². The van der Waals surface area contributed by atoms with Gasteiger partial charge in [0.1, 0.15) is 11.4 Å². The number of para-hydroxylation sites is 1. The molecule has 0 bridgehead atoms. The SMILES string of the molecule is COc1cnccc1CCNC(=O)[C@H]1CCN(C(=O)c2[nH]nc3c(C)cccc23)[C@@H]2CCO[C@@H]12. The van der Waals surface area contributed by atoms with E-state index in [0.29, 0.717) is 44.0 Å². The summed E-state index contributed by atoms with van der Waals surface area (Å²) in [6.45, 7) is 3.52. The van der Waals surface area contributed by atoms with Gasteiger partial charge in [-0.25, -0.2) is 0 Å². The van der Waals surface area contributed by atoms with E-state index < -0.39 is 0 Å². The molecule has 9 nitrogen and oxygen atoms in total. The molecular weight excluding hydrogens is 434 g/mol. The largest absolute Gasteiger partial charge is 0.495 e. The number of carbonyl (C=O) groups is 2. The second kappa shape index (κ2) is 9.42. The first kappa shape index (κ1) is 22.3. The lowest BCUT2D eigenvalue weighted by Gasteiger charge is -2.40. The predicted octanol–water partition coefficient (Wildman–Crippen LogP) is 2.25. The Morgan fingerprint density at radius 3 is 3.03 bits per heavy atom. The van der Waals surface area contributed by atoms with Gasteiger partial charge in [0, 0.05) is 31.3 Å². The van der Waals surface area contributed by atoms with Crippen LogP contribution in [0.15, 0.2) is 36.7 Å². The Morgan fingerprint density at radius 1 is 1.29 bits per heavy atom. The van der Waals surface area contributed by atoms with Crippen LogP contribution in [-0.2, 0) is 16.0 Å². The molecule has 2 fully saturated rings. The molecule has 0 saturated carbocycles. The molecule has 5 rings (SSSR count). The molecule has 0 unspecified atom stereocenters. The average molecular weight is 464 g/mol. The Labute approximate surface area is 197 Å². The summed E-state index contributed by atoms with van der Waals surface area (Å²) in [5.74, 6) is 0.317. The Hall–Kier alpha value is -3.46. The van der Waals surface area contributed by atoms with Gasteiger partial charge < -0.3 is 19.7 Å². The number of nitrogens with zero attached hydrogens (tertiary/aromatic N) is 3. The minimum absolute atomic E-state index is 0.0281. The first-order chi connectivity index (χ1) is 16.6. The van der Waals surface area contributed by atoms with Gasteiger partial charge in [0.05, 0.1) is 36.9 Å². The first-order valence-electron chi connectivity index (χ1n) is 11.7. The number of benzene rings is 1. The number of ether oxygens (including phenoxy) is 2. The zero-order valence-electron chi connectivity index (χ0n) is 19.4. The van der Waals surface area contributed by atoms with E-state index >= 15 is 0 Å². The van der Waals surface area contributed by atoms with Crippen LogP contribution >= 0.6 is 0 Å². The lowest BCUT2D eigenvalue weighted by Crippen LogP contribution is -2.56. The Balaban J connectivity index is 1.25. The smallest absolute Gasteiger partial charge is 0.272 e. The number of aromatic amines is 1. The number of methoxy groups -OCH3 is 1. The van der Waals surface area contributed by atoms with Crippen molar-refractivity contribution in [2.24, 2.45) is 5.92 Å². The van der Waals surface area contributed by atoms with Crippen LogP contribution in [0.3, 0.4) is 0 Å². The maximum atomic E-state index is 13.5. The monoisotopic (exact) mass is 463 g/mol. The van der Waals surface area contributed by atoms with E-state index in [-0.39, 0.29) is 29.9 Å². The molecule has 34 heavy (non-hydrogen) atoms. The van der Waals surface area contributed by atoms with Crippen LogP contribution < -0.4 is 10.1 Å². The molecule has 178 valence electrons. The molecule has 2 aromatic heterocycles. The molecular formula is C25H29N5O4. The lowest BCUT2D eigenvalue weighted by molar-refractivity contribution is -0.132. The normalized spacial score (nSPS) is 21.9. The Morgan fingerprint density at radius 2 is 2.18 bits per heavy atom. The molecule has 3 aromatic rings. The Bertz CT molecular complexity index is 1210. The molecule has 9 heteroatoms. The van der Waals surface area contributed by atoms with E-state index in [1.54, 1.807) is 19.5 Å². The summed E-state index contributed by atoms with van der Waals surface area (Å²) in [5.41, 5.74) is 3.33. The summed E-state index contributed by atoms with van der Waals surface area (Å²) in [7, 11) is 1.61. The molecule has 2 aliphatic rings. The first-order valence-corrected chi connectivity index (χ1v) is 11.7. The molecule has 2 amide bonds. The number of fused-ring (bicyclic) bond motifs is 2. The van der Waals surface area contributed by atoms with Gasteiger partial charge in [-0.15, -0.1) is 0 Å². The third-order valence-corrected chi connectivity index (χ3v) is 6.96. The van der Waals surface area contributed by atoms with Gasteiger partial charge in [-0.2, -0.15) is 5.10 Å². The van der Waals surface area contributed by atoms with Gasteiger partial charge in [-0.3, -0.25) is 19.7 Å². The van der Waals surface area contributed by atoms with Crippen LogP contribution in [-0.4, -0.2) is 70.8 Å². The maximum Gasteiger partial charge on any atom is 0.272 e. The Kier molecular flexibility index (Phi) is 6.19. The van der Waals surface area contributed by atoms with E-state index in [2.05, 4.69) is 20.5 Å². The topological polar surface area (TPSA) is 109 Å². The van der Waals surface area contributed by atoms with Crippen molar-refractivity contribution in [1.82, 2.24) is 25.4 Å². The third kappa shape index (κ3) is 4.00. The fraction of sp³-hybridized carbons (Fsp3) is 0.440. The number of nitrogens with one attached hydrogen (secondary N) is 2. The highest BCUT2D eigenvalue weighted by atomic mass is 16.5. The zero-order chi connectivity index (χ0) is 23.7. The number of carbonyl (C=O) groups excluding carboxylic acids is 2. The standard InChI is InChI=1S/C25H29N5O4/c1-15-4-3-5-17-21(15)28-29-22(17)25(32)30-12-8-18(23-19(30)9-13-34-23)24(31)27-11-7-16-6-10-26-14-20(16)33-2/h3-6,10,14,18-19,23H,7-9,11-13H2,1-2H3,(H,27,31)(H,28,29)/t18-,19+,23-/m0/s1. The molecule has 0 radical (unpaired) electrons. The van der Waals surface area contributed by atoms with E-state index in [0.717, 1.165) is 28.5 Å². The summed E-state index contributed by atoms with van der Waals surface area (Å²) in [6, 6.07) is 7.60. The van der Waals surface area contributed by atoms with Crippen LogP contribution in [0.5, 0.6) is 5.75 Å². The minimum atomic E-state index is -0.302. The van der Waals surface area contributed by atoms with Gasteiger partial charge in [0.2, 0.25) is 5.91 Å². The number of hydrogen-bond donors (Lipinski definition) is 2. The van der Waals surface area contributed by atoms with Gasteiger partial charge >= 0.3 is 0 Å². The number of amides is 2. The van der Waals surface area contributed by atoms with Crippen molar-refractivity contribution in [2.75, 3.05) is 26.8 Å². The van der Waals surface area contributed by atoms with Crippen molar-refractivity contribution < 1.29 is 19.1 Å². The summed E-state index contributed by atoms with van der Waals surface area (Å²) < 4.78 is 11.3. The average Bonchev–Trinajstić information content (AvgIpc) is 3.51. The maximum absolute atomic E-state index is 13.5. The highest BCUT2D eigenvalue weighted by Gasteiger charge is 2.47. The lowest BCUT2D eigenvalue weighted by atomic mass is 9.86. The van der Waals surface area contributed by atoms with Crippen molar-refractivity contribution in [2.45, 2.75) is 38.3 Å². The second-order valence-corrected chi connectivity index (χ2v) is 8.88. The van der Waals surface area contributed by atoms with Crippen molar-refractivity contribution in [3.63, 3.8) is 0 Å². The minimum Gasteiger partial charge on any atom is -0.495 e. The number of rotatable bonds is 6. The number of hydrogen-bond acceptors (Lipinski definition) is 6. The van der Waals surface area contributed by atoms with Crippen LogP contribution in [0.25, 0.3) is 10.9 Å². The number of pyridine rings is 1. The summed E-state index contributed by atoms with van der Waals surface area (Å²) in [4.78, 5) is 32.4. The predicted molar refractivity (Wildman–Crippen MR) is 126 cm³/mol. The number of piperidine rings is 1. The highest BCUT2D eigenvalue weighted by Crippen LogP contribution is 2.34. The highest BCUT2D eigenvalue weighted by molar-refractivity contribution is 6.05. The van der Waals surface area contributed by atoms with Crippen LogP contribution in [0.2, 0.25) is 0 Å². The van der Waals surface area contributed by atoms with E-state index in [1.807, 2.05) is 36.1 Å². The number of H-pyrrole nitrogens is 1. The molecule has 0 spiro atoms. The molecule has 3 atom stereocenters. The number of aryl methyl sites for hydroxylation is 1. The summed E-state index contributed by atoms with van der Waals surface area (Å²) in [5, 5.41) is 11.2. The zero-order valence-corrected chi connectivity index (χ0v) is 19.4. The van der Waals surface area contributed by atoms with Crippen molar-refractivity contribution in [1.29, 1.82) is 0 Å². The van der Waals surface area contributed by atoms with Gasteiger partial charge in [-0.05, 0) is 43.4 Å². The van der Waals surface area contributed by atoms with Crippen molar-refractivity contribution in [3.8, 4) is 5.75 Å². The van der Waals surface area contributed by atoms with Gasteiger partial charge in [-0.1, -0.05) is 18.2 Å². The fourth-order valence-electron chi connectivity index (χ4n) is 5.20. The molecule has 2 aliphatic heterocycles.